The summed E-state index contributed by atoms with van der Waals surface area (Å²) in [4.78, 5) is 11.9. The van der Waals surface area contributed by atoms with Gasteiger partial charge in [-0.1, -0.05) is 0 Å². The summed E-state index contributed by atoms with van der Waals surface area (Å²) in [7, 11) is 0. The molecule has 0 atom stereocenters. The molecule has 124 valence electrons. The third kappa shape index (κ3) is 2.68. The van der Waals surface area contributed by atoms with Crippen LogP contribution in [0.25, 0.3) is 0 Å². The zero-order valence-corrected chi connectivity index (χ0v) is 13.8. The van der Waals surface area contributed by atoms with Crippen molar-refractivity contribution in [1.82, 2.24) is 5.32 Å². The van der Waals surface area contributed by atoms with Gasteiger partial charge in [0.2, 0.25) is 0 Å². The van der Waals surface area contributed by atoms with E-state index in [0.29, 0.717) is 23.8 Å². The first-order valence-electron chi connectivity index (χ1n) is 9.08. The first kappa shape index (κ1) is 14.9. The summed E-state index contributed by atoms with van der Waals surface area (Å²) in [6.07, 6.45) is 7.04. The fourth-order valence-electron chi connectivity index (χ4n) is 5.44. The molecule has 0 aromatic heterocycles. The van der Waals surface area contributed by atoms with E-state index in [4.69, 9.17) is 5.73 Å². The van der Waals surface area contributed by atoms with Gasteiger partial charge in [-0.15, -0.1) is 0 Å². The molecule has 0 heterocycles. The molecule has 4 aliphatic carbocycles. The Balaban J connectivity index is 1.50. The van der Waals surface area contributed by atoms with Gasteiger partial charge >= 0.3 is 0 Å². The van der Waals surface area contributed by atoms with Crippen molar-refractivity contribution in [2.45, 2.75) is 45.1 Å². The topological polar surface area (TPSA) is 67.2 Å². The lowest BCUT2D eigenvalue weighted by Crippen LogP contribution is -2.51. The number of amides is 1. The van der Waals surface area contributed by atoms with Gasteiger partial charge in [0, 0.05) is 18.2 Å². The normalized spacial score (nSPS) is 34.4. The van der Waals surface area contributed by atoms with Crippen molar-refractivity contribution in [3.05, 3.63) is 23.8 Å². The van der Waals surface area contributed by atoms with Crippen molar-refractivity contribution in [2.24, 2.45) is 23.7 Å². The quantitative estimate of drug-likeness (QED) is 0.747. The molecule has 4 fully saturated rings. The molecule has 1 aromatic carbocycles. The second kappa shape index (κ2) is 5.73. The number of nitrogen functional groups attached to an aromatic ring is 1. The first-order valence-corrected chi connectivity index (χ1v) is 9.08. The number of nitrogens with one attached hydrogen (secondary N) is 2. The molecule has 4 bridgehead atoms. The Labute approximate surface area is 138 Å². The first-order chi connectivity index (χ1) is 11.1. The minimum atomic E-state index is -0.0552. The van der Waals surface area contributed by atoms with Crippen molar-refractivity contribution >= 4 is 17.3 Å². The van der Waals surface area contributed by atoms with Crippen molar-refractivity contribution in [3.8, 4) is 0 Å². The second-order valence-electron chi connectivity index (χ2n) is 7.76. The average Bonchev–Trinajstić information content (AvgIpc) is 2.51. The van der Waals surface area contributed by atoms with Crippen LogP contribution in [0.1, 0.15) is 49.4 Å². The summed E-state index contributed by atoms with van der Waals surface area (Å²) in [6, 6.07) is 6.22. The number of nitrogens with two attached hydrogens (primary N) is 1. The Hall–Kier alpha value is -1.71. The molecule has 0 saturated heterocycles. The number of hydrogen-bond donors (Lipinski definition) is 3. The number of carbonyl (C=O) groups excluding carboxylic acids is 1. The fourth-order valence-corrected chi connectivity index (χ4v) is 5.44. The van der Waals surface area contributed by atoms with E-state index in [0.717, 1.165) is 29.4 Å². The molecular formula is C19H27N3O. The summed E-state index contributed by atoms with van der Waals surface area (Å²) >= 11 is 0. The highest BCUT2D eigenvalue weighted by molar-refractivity contribution is 5.96. The van der Waals surface area contributed by atoms with Crippen molar-refractivity contribution in [1.29, 1.82) is 0 Å². The number of carbonyl (C=O) groups is 1. The predicted molar refractivity (Wildman–Crippen MR) is 93.3 cm³/mol. The van der Waals surface area contributed by atoms with E-state index in [9.17, 15) is 4.79 Å². The number of anilines is 2. The maximum absolute atomic E-state index is 11.9. The Bertz CT molecular complexity index is 585. The zero-order chi connectivity index (χ0) is 16.0. The van der Waals surface area contributed by atoms with Crippen LogP contribution in [0.15, 0.2) is 18.2 Å². The van der Waals surface area contributed by atoms with Crippen LogP contribution in [0, 0.1) is 23.7 Å². The second-order valence-corrected chi connectivity index (χ2v) is 7.76. The lowest BCUT2D eigenvalue weighted by atomic mass is 9.54. The SMILES string of the molecule is CCNC(=O)c1ccc(NC2C3CC4CC(C3)CC2C4)c(N)c1. The van der Waals surface area contributed by atoms with Crippen molar-refractivity contribution in [2.75, 3.05) is 17.6 Å². The average molecular weight is 313 g/mol. The molecule has 4 N–H and O–H groups in total. The third-order valence-corrected chi connectivity index (χ3v) is 6.20. The van der Waals surface area contributed by atoms with Crippen LogP contribution < -0.4 is 16.4 Å². The van der Waals surface area contributed by atoms with E-state index in [1.165, 1.54) is 32.1 Å². The van der Waals surface area contributed by atoms with Crippen LogP contribution in [-0.2, 0) is 0 Å². The standard InChI is InChI=1S/C19H27N3O/c1-2-21-19(23)13-3-4-17(16(20)10-13)22-18-14-6-11-5-12(8-14)9-15(18)7-11/h3-4,10-12,14-15,18,22H,2,5-9,20H2,1H3,(H,21,23). The lowest BCUT2D eigenvalue weighted by Gasteiger charge is -2.54. The van der Waals surface area contributed by atoms with E-state index in [-0.39, 0.29) is 5.91 Å². The summed E-state index contributed by atoms with van der Waals surface area (Å²) in [5.41, 5.74) is 8.53. The maximum atomic E-state index is 11.9. The van der Waals surface area contributed by atoms with Crippen LogP contribution in [-0.4, -0.2) is 18.5 Å². The Morgan fingerprint density at radius 2 is 1.78 bits per heavy atom. The lowest BCUT2D eigenvalue weighted by molar-refractivity contribution is 0.00756. The van der Waals surface area contributed by atoms with Gasteiger partial charge in [-0.2, -0.15) is 0 Å². The van der Waals surface area contributed by atoms with Crippen molar-refractivity contribution < 1.29 is 4.79 Å². The molecule has 4 aliphatic rings. The molecule has 23 heavy (non-hydrogen) atoms. The fraction of sp³-hybridized carbons (Fsp3) is 0.632. The van der Waals surface area contributed by atoms with Crippen molar-refractivity contribution in [3.63, 3.8) is 0 Å². The predicted octanol–water partition coefficient (Wildman–Crippen LogP) is 3.26. The molecule has 5 rings (SSSR count). The van der Waals surface area contributed by atoms with Gasteiger partial charge in [-0.05, 0) is 80.9 Å². The monoisotopic (exact) mass is 313 g/mol. The van der Waals surface area contributed by atoms with Gasteiger partial charge in [0.15, 0.2) is 0 Å². The maximum Gasteiger partial charge on any atom is 0.251 e. The van der Waals surface area contributed by atoms with Crippen LogP contribution in [0.4, 0.5) is 11.4 Å². The molecule has 0 radical (unpaired) electrons. The van der Waals surface area contributed by atoms with Gasteiger partial charge < -0.3 is 16.4 Å². The van der Waals surface area contributed by atoms with Crippen LogP contribution in [0.5, 0.6) is 0 Å². The highest BCUT2D eigenvalue weighted by atomic mass is 16.1. The molecule has 4 heteroatoms. The van der Waals surface area contributed by atoms with Gasteiger partial charge in [0.05, 0.1) is 11.4 Å². The van der Waals surface area contributed by atoms with E-state index < -0.39 is 0 Å². The number of rotatable bonds is 4. The molecule has 4 saturated carbocycles. The minimum Gasteiger partial charge on any atom is -0.397 e. The molecule has 0 spiro atoms. The molecule has 4 nitrogen and oxygen atoms in total. The summed E-state index contributed by atoms with van der Waals surface area (Å²) in [5, 5.41) is 6.55. The van der Waals surface area contributed by atoms with Gasteiger partial charge in [0.25, 0.3) is 5.91 Å². The van der Waals surface area contributed by atoms with Gasteiger partial charge in [0.1, 0.15) is 0 Å². The Kier molecular flexibility index (Phi) is 3.70. The smallest absolute Gasteiger partial charge is 0.251 e. The van der Waals surface area contributed by atoms with E-state index in [1.807, 2.05) is 19.1 Å². The van der Waals surface area contributed by atoms with Gasteiger partial charge in [-0.25, -0.2) is 0 Å². The van der Waals surface area contributed by atoms with E-state index in [2.05, 4.69) is 10.6 Å². The third-order valence-electron chi connectivity index (χ3n) is 6.20. The van der Waals surface area contributed by atoms with E-state index in [1.54, 1.807) is 6.07 Å². The summed E-state index contributed by atoms with van der Waals surface area (Å²) < 4.78 is 0. The minimum absolute atomic E-state index is 0.0552. The number of benzene rings is 1. The molecule has 0 unspecified atom stereocenters. The van der Waals surface area contributed by atoms with Gasteiger partial charge in [-0.3, -0.25) is 4.79 Å². The largest absolute Gasteiger partial charge is 0.397 e. The highest BCUT2D eigenvalue weighted by Crippen LogP contribution is 2.54. The Morgan fingerprint density at radius 3 is 2.35 bits per heavy atom. The summed E-state index contributed by atoms with van der Waals surface area (Å²) in [6.45, 7) is 2.55. The summed E-state index contributed by atoms with van der Waals surface area (Å²) in [5.74, 6) is 3.53. The Morgan fingerprint density at radius 1 is 1.13 bits per heavy atom. The molecule has 1 aromatic rings. The van der Waals surface area contributed by atoms with E-state index >= 15 is 0 Å². The molecule has 1 amide bonds. The van der Waals surface area contributed by atoms with Crippen LogP contribution in [0.2, 0.25) is 0 Å². The highest BCUT2D eigenvalue weighted by Gasteiger charge is 2.48. The molecular weight excluding hydrogens is 286 g/mol. The number of hydrogen-bond acceptors (Lipinski definition) is 3. The van der Waals surface area contributed by atoms with Crippen LogP contribution in [0.3, 0.4) is 0 Å². The molecule has 0 aliphatic heterocycles. The van der Waals surface area contributed by atoms with Crippen LogP contribution >= 0.6 is 0 Å². The zero-order valence-electron chi connectivity index (χ0n) is 13.8.